The van der Waals surface area contributed by atoms with Crippen molar-refractivity contribution in [3.05, 3.63) is 36.0 Å². The third-order valence-corrected chi connectivity index (χ3v) is 4.07. The molecule has 1 aliphatic heterocycles. The zero-order valence-electron chi connectivity index (χ0n) is 13.3. The minimum atomic E-state index is 0.120. The summed E-state index contributed by atoms with van der Waals surface area (Å²) in [5.41, 5.74) is 1.40. The number of nitrogens with zero attached hydrogens (tertiary/aromatic N) is 2. The van der Waals surface area contributed by atoms with Crippen LogP contribution < -0.4 is 10.2 Å². The van der Waals surface area contributed by atoms with Crippen molar-refractivity contribution in [2.24, 2.45) is 0 Å². The lowest BCUT2D eigenvalue weighted by atomic mass is 10.0. The number of pyridine rings is 1. The van der Waals surface area contributed by atoms with Crippen molar-refractivity contribution in [3.8, 4) is 0 Å². The van der Waals surface area contributed by atoms with Gasteiger partial charge in [-0.05, 0) is 44.6 Å². The maximum atomic E-state index is 4.78. The molecule has 0 atom stereocenters. The van der Waals surface area contributed by atoms with E-state index in [-0.39, 0.29) is 5.54 Å². The Hall–Kier alpha value is -1.61. The lowest BCUT2D eigenvalue weighted by Gasteiger charge is -2.23. The summed E-state index contributed by atoms with van der Waals surface area (Å²) in [6.45, 7) is 9.72. The summed E-state index contributed by atoms with van der Waals surface area (Å²) in [5.74, 6) is 1.16. The van der Waals surface area contributed by atoms with Crippen LogP contribution in [-0.2, 0) is 6.54 Å². The van der Waals surface area contributed by atoms with Gasteiger partial charge in [-0.15, -0.1) is 0 Å². The van der Waals surface area contributed by atoms with Gasteiger partial charge in [0, 0.05) is 36.8 Å². The third kappa shape index (κ3) is 3.18. The number of fused-ring (bicyclic) bond motifs is 1. The van der Waals surface area contributed by atoms with Crippen LogP contribution in [0.3, 0.4) is 0 Å². The Morgan fingerprint density at radius 2 is 1.76 bits per heavy atom. The average Bonchev–Trinajstić information content (AvgIpc) is 2.97. The maximum Gasteiger partial charge on any atom is 0.136 e. The molecule has 3 nitrogen and oxygen atoms in total. The number of nitrogens with one attached hydrogen (secondary N) is 1. The Labute approximate surface area is 127 Å². The summed E-state index contributed by atoms with van der Waals surface area (Å²) in [6.07, 6.45) is 4.61. The molecule has 0 aliphatic carbocycles. The summed E-state index contributed by atoms with van der Waals surface area (Å²) in [6, 6.07) is 8.66. The highest BCUT2D eigenvalue weighted by atomic mass is 15.2. The number of benzene rings is 1. The lowest BCUT2D eigenvalue weighted by Crippen LogP contribution is -2.35. The summed E-state index contributed by atoms with van der Waals surface area (Å²) in [7, 11) is 0. The van der Waals surface area contributed by atoms with E-state index in [4.69, 9.17) is 4.98 Å². The topological polar surface area (TPSA) is 28.2 Å². The second-order valence-electron chi connectivity index (χ2n) is 6.95. The number of rotatable bonds is 3. The average molecular weight is 283 g/mol. The van der Waals surface area contributed by atoms with E-state index in [1.54, 1.807) is 0 Å². The predicted octanol–water partition coefficient (Wildman–Crippen LogP) is 3.72. The highest BCUT2D eigenvalue weighted by Gasteiger charge is 2.17. The quantitative estimate of drug-likeness (QED) is 0.930. The van der Waals surface area contributed by atoms with Crippen LogP contribution in [0.5, 0.6) is 0 Å². The van der Waals surface area contributed by atoms with Gasteiger partial charge in [-0.2, -0.15) is 0 Å². The third-order valence-electron chi connectivity index (χ3n) is 4.07. The van der Waals surface area contributed by atoms with Crippen LogP contribution in [0.25, 0.3) is 10.8 Å². The second-order valence-corrected chi connectivity index (χ2v) is 6.95. The van der Waals surface area contributed by atoms with Gasteiger partial charge in [0.1, 0.15) is 5.82 Å². The van der Waals surface area contributed by atoms with Gasteiger partial charge < -0.3 is 10.2 Å². The van der Waals surface area contributed by atoms with Gasteiger partial charge in [0.05, 0.1) is 0 Å². The molecule has 1 saturated heterocycles. The number of anilines is 1. The summed E-state index contributed by atoms with van der Waals surface area (Å²) < 4.78 is 0. The molecule has 3 heteroatoms. The fourth-order valence-electron chi connectivity index (χ4n) is 2.92. The van der Waals surface area contributed by atoms with Gasteiger partial charge >= 0.3 is 0 Å². The van der Waals surface area contributed by atoms with Gasteiger partial charge in [-0.1, -0.05) is 24.3 Å². The van der Waals surface area contributed by atoms with Crippen molar-refractivity contribution in [3.63, 3.8) is 0 Å². The minimum absolute atomic E-state index is 0.120. The summed E-state index contributed by atoms with van der Waals surface area (Å²) in [5, 5.41) is 6.18. The lowest BCUT2D eigenvalue weighted by molar-refractivity contribution is 0.425. The molecule has 112 valence electrons. The molecule has 0 amide bonds. The van der Waals surface area contributed by atoms with E-state index < -0.39 is 0 Å². The van der Waals surface area contributed by atoms with E-state index >= 15 is 0 Å². The molecule has 0 saturated carbocycles. The Morgan fingerprint density at radius 1 is 1.10 bits per heavy atom. The van der Waals surface area contributed by atoms with Gasteiger partial charge in [-0.3, -0.25) is 0 Å². The van der Waals surface area contributed by atoms with Gasteiger partial charge in [0.2, 0.25) is 0 Å². The Morgan fingerprint density at radius 3 is 2.43 bits per heavy atom. The normalized spacial score (nSPS) is 15.9. The van der Waals surface area contributed by atoms with Crippen molar-refractivity contribution < 1.29 is 0 Å². The van der Waals surface area contributed by atoms with E-state index in [0.717, 1.165) is 25.5 Å². The molecular formula is C18H25N3. The number of hydrogen-bond donors (Lipinski definition) is 1. The first-order valence-corrected chi connectivity index (χ1v) is 7.91. The summed E-state index contributed by atoms with van der Waals surface area (Å²) in [4.78, 5) is 7.20. The molecule has 2 aromatic rings. The monoisotopic (exact) mass is 283 g/mol. The molecule has 1 fully saturated rings. The van der Waals surface area contributed by atoms with Crippen molar-refractivity contribution in [1.82, 2.24) is 10.3 Å². The Bertz CT molecular complexity index is 622. The van der Waals surface area contributed by atoms with E-state index in [1.807, 2.05) is 0 Å². The molecule has 1 N–H and O–H groups in total. The van der Waals surface area contributed by atoms with Gasteiger partial charge in [-0.25, -0.2) is 4.98 Å². The maximum absolute atomic E-state index is 4.78. The molecular weight excluding hydrogens is 258 g/mol. The van der Waals surface area contributed by atoms with Crippen molar-refractivity contribution in [1.29, 1.82) is 0 Å². The molecule has 3 rings (SSSR count). The zero-order valence-corrected chi connectivity index (χ0v) is 13.3. The second kappa shape index (κ2) is 5.64. The standard InChI is InChI=1S/C18H25N3/c1-18(2,3)20-13-14-12-19-17(21-10-6-7-11-21)16-9-5-4-8-15(14)16/h4-5,8-9,12,20H,6-7,10-11,13H2,1-3H3. The molecule has 0 bridgehead atoms. The minimum Gasteiger partial charge on any atom is -0.356 e. The van der Waals surface area contributed by atoms with E-state index in [0.29, 0.717) is 0 Å². The van der Waals surface area contributed by atoms with Crippen molar-refractivity contribution in [2.45, 2.75) is 45.7 Å². The first kappa shape index (κ1) is 14.3. The molecule has 1 aliphatic rings. The number of hydrogen-bond acceptors (Lipinski definition) is 3. The largest absolute Gasteiger partial charge is 0.356 e. The molecule has 0 spiro atoms. The fraction of sp³-hybridized carbons (Fsp3) is 0.500. The Balaban J connectivity index is 1.98. The number of aromatic nitrogens is 1. The van der Waals surface area contributed by atoms with Gasteiger partial charge in [0.15, 0.2) is 0 Å². The zero-order chi connectivity index (χ0) is 14.9. The van der Waals surface area contributed by atoms with Crippen LogP contribution >= 0.6 is 0 Å². The first-order chi connectivity index (χ1) is 10.0. The first-order valence-electron chi connectivity index (χ1n) is 7.91. The summed E-state index contributed by atoms with van der Waals surface area (Å²) >= 11 is 0. The van der Waals surface area contributed by atoms with E-state index in [9.17, 15) is 0 Å². The SMILES string of the molecule is CC(C)(C)NCc1cnc(N2CCCC2)c2ccccc12. The van der Waals surface area contributed by atoms with Crippen LogP contribution in [0.1, 0.15) is 39.2 Å². The van der Waals surface area contributed by atoms with Crippen LogP contribution in [0.2, 0.25) is 0 Å². The fourth-order valence-corrected chi connectivity index (χ4v) is 2.92. The van der Waals surface area contributed by atoms with Crippen LogP contribution in [-0.4, -0.2) is 23.6 Å². The Kier molecular flexibility index (Phi) is 3.85. The van der Waals surface area contributed by atoms with Gasteiger partial charge in [0.25, 0.3) is 0 Å². The van der Waals surface area contributed by atoms with Crippen LogP contribution in [0, 0.1) is 0 Å². The molecule has 1 aromatic carbocycles. The predicted molar refractivity (Wildman–Crippen MR) is 89.8 cm³/mol. The molecule has 2 heterocycles. The van der Waals surface area contributed by atoms with Crippen molar-refractivity contribution >= 4 is 16.6 Å². The molecule has 0 radical (unpaired) electrons. The highest BCUT2D eigenvalue weighted by Crippen LogP contribution is 2.29. The highest BCUT2D eigenvalue weighted by molar-refractivity contribution is 5.94. The van der Waals surface area contributed by atoms with E-state index in [1.165, 1.54) is 29.2 Å². The molecule has 1 aromatic heterocycles. The van der Waals surface area contributed by atoms with Crippen molar-refractivity contribution in [2.75, 3.05) is 18.0 Å². The molecule has 0 unspecified atom stereocenters. The molecule has 21 heavy (non-hydrogen) atoms. The van der Waals surface area contributed by atoms with E-state index in [2.05, 4.69) is 61.5 Å². The van der Waals surface area contributed by atoms with Crippen LogP contribution in [0.15, 0.2) is 30.5 Å². The van der Waals surface area contributed by atoms with Crippen LogP contribution in [0.4, 0.5) is 5.82 Å². The smallest absolute Gasteiger partial charge is 0.136 e.